The quantitative estimate of drug-likeness (QED) is 0.0146. The summed E-state index contributed by atoms with van der Waals surface area (Å²) in [6, 6.07) is 0. The van der Waals surface area contributed by atoms with Crippen LogP contribution in [0.15, 0.2) is 134 Å². The Morgan fingerprint density at radius 3 is 0.946 bits per heavy atom. The first kappa shape index (κ1) is 88.7. The summed E-state index contributed by atoms with van der Waals surface area (Å²) in [4.78, 5) is 58.4. The highest BCUT2D eigenvalue weighted by molar-refractivity contribution is 7.47. The Kier molecular flexibility index (Phi) is 64.5. The van der Waals surface area contributed by atoms with Crippen molar-refractivity contribution in [1.82, 2.24) is 0 Å². The lowest BCUT2D eigenvalue weighted by Gasteiger charge is -2.21. The zero-order chi connectivity index (χ0) is 68.1. The van der Waals surface area contributed by atoms with Crippen LogP contribution < -0.4 is 0 Å². The largest absolute Gasteiger partial charge is 0.472 e. The second-order valence-corrected chi connectivity index (χ2v) is 26.2. The molecule has 0 aromatic heterocycles. The SMILES string of the molecule is CC/C=C\C/C=C\C/C=C\C/C=C\C/C=C\C/C=C\CCCCCCCCC(=O)OCC(O)COP(=O)(O)OCC(O)COP(=O)(O)OCC(COC(=O)CCCCCCCC/C=C\C/C=C\C/C=C\CCCCC)OC(=O)CCCCCCC/C=C\C/C=C\CCC. The third-order valence-electron chi connectivity index (χ3n) is 14.3. The number of aliphatic hydroxyl groups is 2. The third-order valence-corrected chi connectivity index (χ3v) is 16.2. The maximum Gasteiger partial charge on any atom is 0.472 e. The Labute approximate surface area is 563 Å². The highest BCUT2D eigenvalue weighted by atomic mass is 31.2. The summed E-state index contributed by atoms with van der Waals surface area (Å²) < 4.78 is 60.9. The average molecular weight is 1350 g/mol. The maximum atomic E-state index is 12.9. The molecule has 5 unspecified atom stereocenters. The van der Waals surface area contributed by atoms with Crippen LogP contribution in [-0.2, 0) is 55.8 Å². The molecule has 0 radical (unpaired) electrons. The molecular weight excluding hydrogens is 1220 g/mol. The topological polar surface area (TPSA) is 231 Å². The molecule has 16 nitrogen and oxygen atoms in total. The number of phosphoric ester groups is 2. The first-order valence-electron chi connectivity index (χ1n) is 35.5. The summed E-state index contributed by atoms with van der Waals surface area (Å²) in [5.41, 5.74) is 0. The van der Waals surface area contributed by atoms with Crippen molar-refractivity contribution in [1.29, 1.82) is 0 Å². The van der Waals surface area contributed by atoms with Gasteiger partial charge in [-0.1, -0.05) is 244 Å². The normalized spacial score (nSPS) is 15.0. The number of phosphoric acid groups is 2. The van der Waals surface area contributed by atoms with Crippen molar-refractivity contribution in [3.63, 3.8) is 0 Å². The Morgan fingerprint density at radius 1 is 0.312 bits per heavy atom. The van der Waals surface area contributed by atoms with Crippen molar-refractivity contribution >= 4 is 33.6 Å². The van der Waals surface area contributed by atoms with Gasteiger partial charge in [0, 0.05) is 19.3 Å². The molecule has 18 heteroatoms. The predicted octanol–water partition coefficient (Wildman–Crippen LogP) is 20.0. The molecule has 0 aliphatic rings. The molecule has 0 aliphatic heterocycles. The van der Waals surface area contributed by atoms with Gasteiger partial charge in [0.25, 0.3) is 0 Å². The molecule has 532 valence electrons. The van der Waals surface area contributed by atoms with Gasteiger partial charge in [-0.05, 0) is 135 Å². The molecule has 0 saturated carbocycles. The first-order valence-corrected chi connectivity index (χ1v) is 38.5. The molecule has 0 aromatic carbocycles. The van der Waals surface area contributed by atoms with E-state index in [0.29, 0.717) is 19.3 Å². The molecule has 0 amide bonds. The molecule has 0 spiro atoms. The van der Waals surface area contributed by atoms with Gasteiger partial charge in [-0.25, -0.2) is 9.13 Å². The van der Waals surface area contributed by atoms with E-state index in [9.17, 15) is 43.5 Å². The number of carbonyl (C=O) groups is 3. The van der Waals surface area contributed by atoms with Crippen LogP contribution in [0.1, 0.15) is 265 Å². The van der Waals surface area contributed by atoms with Crippen LogP contribution in [0.3, 0.4) is 0 Å². The van der Waals surface area contributed by atoms with E-state index >= 15 is 0 Å². The Morgan fingerprint density at radius 2 is 0.591 bits per heavy atom. The lowest BCUT2D eigenvalue weighted by molar-refractivity contribution is -0.161. The van der Waals surface area contributed by atoms with Crippen LogP contribution in [0.25, 0.3) is 0 Å². The van der Waals surface area contributed by atoms with E-state index in [4.69, 9.17) is 32.3 Å². The van der Waals surface area contributed by atoms with Gasteiger partial charge < -0.3 is 34.2 Å². The molecule has 0 heterocycles. The van der Waals surface area contributed by atoms with Crippen molar-refractivity contribution in [3.8, 4) is 0 Å². The minimum atomic E-state index is -4.94. The zero-order valence-corrected chi connectivity index (χ0v) is 59.4. The van der Waals surface area contributed by atoms with E-state index in [1.807, 2.05) is 0 Å². The maximum absolute atomic E-state index is 12.9. The van der Waals surface area contributed by atoms with Crippen molar-refractivity contribution in [2.45, 2.75) is 283 Å². The zero-order valence-electron chi connectivity index (χ0n) is 57.6. The van der Waals surface area contributed by atoms with Gasteiger partial charge in [-0.2, -0.15) is 0 Å². The van der Waals surface area contributed by atoms with Crippen molar-refractivity contribution in [2.24, 2.45) is 0 Å². The number of allylic oxidation sites excluding steroid dienone is 22. The fourth-order valence-corrected chi connectivity index (χ4v) is 10.5. The molecule has 4 N–H and O–H groups in total. The number of ether oxygens (including phenoxy) is 3. The molecule has 0 aromatic rings. The Hall–Kier alpha value is -4.31. The van der Waals surface area contributed by atoms with Gasteiger partial charge in [-0.15, -0.1) is 0 Å². The highest BCUT2D eigenvalue weighted by Crippen LogP contribution is 2.45. The summed E-state index contributed by atoms with van der Waals surface area (Å²) in [5.74, 6) is -1.62. The molecule has 0 bridgehead atoms. The minimum Gasteiger partial charge on any atom is -0.463 e. The molecular formula is C75H126O16P2. The second kappa shape index (κ2) is 67.7. The van der Waals surface area contributed by atoms with Crippen LogP contribution in [0.2, 0.25) is 0 Å². The fraction of sp³-hybridized carbons (Fsp3) is 0.667. The Balaban J connectivity index is 4.61. The van der Waals surface area contributed by atoms with Crippen LogP contribution in [-0.4, -0.2) is 95.9 Å². The van der Waals surface area contributed by atoms with Gasteiger partial charge in [0.15, 0.2) is 6.10 Å². The smallest absolute Gasteiger partial charge is 0.463 e. The number of hydrogen-bond acceptors (Lipinski definition) is 14. The summed E-state index contributed by atoms with van der Waals surface area (Å²) >= 11 is 0. The number of unbranched alkanes of at least 4 members (excludes halogenated alkanes) is 21. The van der Waals surface area contributed by atoms with Gasteiger partial charge >= 0.3 is 33.6 Å². The number of aliphatic hydroxyl groups excluding tert-OH is 2. The van der Waals surface area contributed by atoms with Gasteiger partial charge in [-0.3, -0.25) is 32.5 Å². The van der Waals surface area contributed by atoms with Crippen molar-refractivity contribution in [2.75, 3.05) is 39.6 Å². The van der Waals surface area contributed by atoms with Gasteiger partial charge in [0.1, 0.15) is 25.4 Å². The van der Waals surface area contributed by atoms with Crippen LogP contribution >= 0.6 is 15.6 Å². The predicted molar refractivity (Wildman–Crippen MR) is 380 cm³/mol. The second-order valence-electron chi connectivity index (χ2n) is 23.3. The lowest BCUT2D eigenvalue weighted by Crippen LogP contribution is -2.30. The monoisotopic (exact) mass is 1340 g/mol. The minimum absolute atomic E-state index is 0.0819. The lowest BCUT2D eigenvalue weighted by atomic mass is 10.1. The number of esters is 3. The summed E-state index contributed by atoms with van der Waals surface area (Å²) in [5, 5.41) is 20.6. The van der Waals surface area contributed by atoms with Crippen molar-refractivity contribution in [3.05, 3.63) is 134 Å². The van der Waals surface area contributed by atoms with Crippen molar-refractivity contribution < 1.29 is 75.8 Å². The average Bonchev–Trinajstić information content (AvgIpc) is 3.74. The van der Waals surface area contributed by atoms with Crippen LogP contribution in [0.5, 0.6) is 0 Å². The van der Waals surface area contributed by atoms with Gasteiger partial charge in [0.05, 0.1) is 26.4 Å². The molecule has 5 atom stereocenters. The Bertz CT molecular complexity index is 2230. The highest BCUT2D eigenvalue weighted by Gasteiger charge is 2.29. The van der Waals surface area contributed by atoms with Gasteiger partial charge in [0.2, 0.25) is 0 Å². The van der Waals surface area contributed by atoms with E-state index in [-0.39, 0.29) is 19.3 Å². The molecule has 93 heavy (non-hydrogen) atoms. The molecule has 0 saturated heterocycles. The molecule has 0 fully saturated rings. The summed E-state index contributed by atoms with van der Waals surface area (Å²) in [6.45, 7) is 2.40. The van der Waals surface area contributed by atoms with E-state index in [0.717, 1.165) is 186 Å². The number of carbonyl (C=O) groups excluding carboxylic acids is 3. The molecule has 0 rings (SSSR count). The summed E-state index contributed by atoms with van der Waals surface area (Å²) in [6.07, 6.45) is 79.3. The first-order chi connectivity index (χ1) is 45.2. The van der Waals surface area contributed by atoms with E-state index in [2.05, 4.69) is 154 Å². The number of rotatable bonds is 66. The standard InChI is InChI=1S/C75H126O16P2/c1-4-7-10-13-16-19-22-25-27-29-31-32-33-34-35-36-38-40-41-44-46-49-52-55-58-61-73(78)85-64-70(76)65-87-92(81,82)88-66-71(77)67-89-93(83,84)90-69-72(91-75(80)63-60-57-54-51-48-43-24-21-18-15-12-9-6-3)68-86-74(79)62-59-56-53-50-47-45-42-39-37-30-28-26-23-20-17-14-11-8-5-2/h7,10,12,15-17,19-21,24-28,31-32,34-35,37-40,70-72,76-77H,4-6,8-9,11,13-14,18,22-23,29-30,33,36,41-69H2,1-3H3,(H,81,82)(H,83,84)/b10-7-,15-12-,19-16-,20-17-,24-21-,27-25-,28-26-,32-31-,35-34-,39-37-,40-38-. The third kappa shape index (κ3) is 68.9. The van der Waals surface area contributed by atoms with E-state index < -0.39 is 91.5 Å². The summed E-state index contributed by atoms with van der Waals surface area (Å²) in [7, 11) is -9.80. The number of hydrogen-bond donors (Lipinski definition) is 4. The van der Waals surface area contributed by atoms with E-state index in [1.54, 1.807) is 0 Å². The van der Waals surface area contributed by atoms with E-state index in [1.165, 1.54) is 19.3 Å². The van der Waals surface area contributed by atoms with Crippen LogP contribution in [0, 0.1) is 0 Å². The fourth-order valence-electron chi connectivity index (χ4n) is 8.91. The molecule has 0 aliphatic carbocycles. The van der Waals surface area contributed by atoms with Crippen LogP contribution in [0.4, 0.5) is 0 Å².